The predicted molar refractivity (Wildman–Crippen MR) is 130 cm³/mol. The number of morpholine rings is 1. The molecule has 0 unspecified atom stereocenters. The number of amides is 1. The molecule has 1 amide bonds. The van der Waals surface area contributed by atoms with E-state index in [1.165, 1.54) is 0 Å². The van der Waals surface area contributed by atoms with Gasteiger partial charge in [-0.25, -0.2) is 4.98 Å². The van der Waals surface area contributed by atoms with Crippen molar-refractivity contribution in [1.29, 1.82) is 0 Å². The minimum Gasteiger partial charge on any atom is -0.378 e. The molecule has 186 valence electrons. The molecule has 11 nitrogen and oxygen atoms in total. The van der Waals surface area contributed by atoms with Gasteiger partial charge in [0.05, 0.1) is 24.6 Å². The van der Waals surface area contributed by atoms with Crippen molar-refractivity contribution >= 4 is 23.2 Å². The second kappa shape index (κ2) is 10.7. The Morgan fingerprint density at radius 1 is 1.14 bits per heavy atom. The Kier molecular flexibility index (Phi) is 7.21. The number of nitrogens with one attached hydrogen (secondary N) is 1. The summed E-state index contributed by atoms with van der Waals surface area (Å²) < 4.78 is 10.8. The molecule has 2 saturated heterocycles. The molecule has 3 aromatic heterocycles. The molecule has 35 heavy (non-hydrogen) atoms. The molecule has 3 aromatic rings. The number of rotatable bonds is 7. The Morgan fingerprint density at radius 2 is 1.94 bits per heavy atom. The summed E-state index contributed by atoms with van der Waals surface area (Å²) in [6.07, 6.45) is 0.667. The van der Waals surface area contributed by atoms with Crippen molar-refractivity contribution in [2.45, 2.75) is 26.3 Å². The van der Waals surface area contributed by atoms with E-state index in [4.69, 9.17) is 9.26 Å². The lowest BCUT2D eigenvalue weighted by atomic mass is 10.1. The van der Waals surface area contributed by atoms with Gasteiger partial charge in [-0.3, -0.25) is 19.5 Å². The third-order valence-electron chi connectivity index (χ3n) is 6.40. The van der Waals surface area contributed by atoms with Crippen LogP contribution in [0.2, 0.25) is 0 Å². The molecule has 2 aliphatic heterocycles. The highest BCUT2D eigenvalue weighted by Gasteiger charge is 2.23. The summed E-state index contributed by atoms with van der Waals surface area (Å²) in [5.41, 5.74) is 1.08. The van der Waals surface area contributed by atoms with E-state index < -0.39 is 0 Å². The average molecular weight is 500 g/mol. The molecule has 0 atom stereocenters. The number of piperazine rings is 1. The minimum atomic E-state index is -0.168. The van der Waals surface area contributed by atoms with Gasteiger partial charge in [-0.05, 0) is 24.8 Å². The van der Waals surface area contributed by atoms with E-state index >= 15 is 0 Å². The van der Waals surface area contributed by atoms with Gasteiger partial charge in [-0.1, -0.05) is 11.2 Å². The van der Waals surface area contributed by atoms with E-state index in [2.05, 4.69) is 25.0 Å². The molecule has 0 aromatic carbocycles. The Hall–Kier alpha value is -3.09. The van der Waals surface area contributed by atoms with Crippen LogP contribution in [-0.2, 0) is 22.5 Å². The second-order valence-electron chi connectivity index (χ2n) is 8.70. The number of nitrogens with zero attached hydrogens (tertiary/aromatic N) is 6. The maximum absolute atomic E-state index is 12.8. The van der Waals surface area contributed by atoms with Crippen LogP contribution in [0.15, 0.2) is 26.8 Å². The van der Waals surface area contributed by atoms with Crippen molar-refractivity contribution in [1.82, 2.24) is 29.9 Å². The van der Waals surface area contributed by atoms with Crippen LogP contribution >= 0.6 is 11.3 Å². The summed E-state index contributed by atoms with van der Waals surface area (Å²) in [5, 5.41) is 6.04. The van der Waals surface area contributed by atoms with Crippen LogP contribution < -0.4 is 10.5 Å². The van der Waals surface area contributed by atoms with Crippen LogP contribution in [0.25, 0.3) is 10.7 Å². The zero-order chi connectivity index (χ0) is 24.2. The number of anilines is 1. The summed E-state index contributed by atoms with van der Waals surface area (Å²) in [7, 11) is 0. The summed E-state index contributed by atoms with van der Waals surface area (Å²) in [4.78, 5) is 44.5. The van der Waals surface area contributed by atoms with Crippen LogP contribution in [-0.4, -0.2) is 88.3 Å². The fourth-order valence-electron chi connectivity index (χ4n) is 4.38. The molecule has 0 bridgehead atoms. The molecule has 0 spiro atoms. The maximum atomic E-state index is 12.8. The van der Waals surface area contributed by atoms with Crippen LogP contribution in [0.1, 0.15) is 23.6 Å². The Labute approximate surface area is 206 Å². The molecule has 0 aliphatic carbocycles. The maximum Gasteiger partial charge on any atom is 0.255 e. The van der Waals surface area contributed by atoms with Crippen LogP contribution in [0.4, 0.5) is 5.95 Å². The number of aromatic amines is 1. The molecule has 5 heterocycles. The number of H-pyrrole nitrogens is 1. The van der Waals surface area contributed by atoms with E-state index in [-0.39, 0.29) is 17.9 Å². The quantitative estimate of drug-likeness (QED) is 0.513. The smallest absolute Gasteiger partial charge is 0.255 e. The summed E-state index contributed by atoms with van der Waals surface area (Å²) in [6, 6.07) is 3.92. The van der Waals surface area contributed by atoms with E-state index in [9.17, 15) is 9.59 Å². The van der Waals surface area contributed by atoms with Crippen LogP contribution in [0, 0.1) is 6.92 Å². The molecule has 2 fully saturated rings. The van der Waals surface area contributed by atoms with Gasteiger partial charge in [0.15, 0.2) is 0 Å². The Balaban J connectivity index is 1.10. The first-order valence-electron chi connectivity index (χ1n) is 11.9. The number of aryl methyl sites for hydroxylation is 1. The standard InChI is InChI=1S/C23H29N7O4S/c1-16-17(22(32)26-23(24-16)30-10-12-33-13-11-30)4-5-20(31)29-8-6-28(7-9-29)15-19-25-21(27-34-19)18-3-2-14-35-18/h2-3,14H,4-13,15H2,1H3,(H,24,26,32). The van der Waals surface area contributed by atoms with Crippen molar-refractivity contribution < 1.29 is 14.1 Å². The summed E-state index contributed by atoms with van der Waals surface area (Å²) in [5.74, 6) is 1.82. The van der Waals surface area contributed by atoms with E-state index in [1.807, 2.05) is 34.2 Å². The summed E-state index contributed by atoms with van der Waals surface area (Å²) in [6.45, 7) is 7.78. The topological polar surface area (TPSA) is 121 Å². The van der Waals surface area contributed by atoms with Gasteiger partial charge >= 0.3 is 0 Å². The van der Waals surface area contributed by atoms with Crippen molar-refractivity contribution in [2.75, 3.05) is 57.4 Å². The number of carbonyl (C=O) groups excluding carboxylic acids is 1. The molecule has 5 rings (SSSR count). The highest BCUT2D eigenvalue weighted by atomic mass is 32.1. The molecule has 1 N–H and O–H groups in total. The minimum absolute atomic E-state index is 0.0541. The zero-order valence-corrected chi connectivity index (χ0v) is 20.6. The lowest BCUT2D eigenvalue weighted by molar-refractivity contribution is -0.133. The van der Waals surface area contributed by atoms with E-state index in [1.54, 1.807) is 11.3 Å². The van der Waals surface area contributed by atoms with Gasteiger partial charge < -0.3 is 19.1 Å². The molecule has 0 radical (unpaired) electrons. The lowest BCUT2D eigenvalue weighted by Crippen LogP contribution is -2.48. The average Bonchev–Trinajstić information content (AvgIpc) is 3.57. The largest absolute Gasteiger partial charge is 0.378 e. The monoisotopic (exact) mass is 499 g/mol. The first-order chi connectivity index (χ1) is 17.1. The van der Waals surface area contributed by atoms with Gasteiger partial charge in [-0.15, -0.1) is 11.3 Å². The highest BCUT2D eigenvalue weighted by Crippen LogP contribution is 2.22. The summed E-state index contributed by atoms with van der Waals surface area (Å²) >= 11 is 1.58. The number of carbonyl (C=O) groups is 1. The SMILES string of the molecule is Cc1nc(N2CCOCC2)[nH]c(=O)c1CCC(=O)N1CCN(Cc2nc(-c3cccs3)no2)CC1. The van der Waals surface area contributed by atoms with Crippen molar-refractivity contribution in [3.05, 3.63) is 45.0 Å². The number of hydrogen-bond acceptors (Lipinski definition) is 10. The molecular weight excluding hydrogens is 470 g/mol. The van der Waals surface area contributed by atoms with Crippen LogP contribution in [0.3, 0.4) is 0 Å². The van der Waals surface area contributed by atoms with Crippen molar-refractivity contribution in [3.8, 4) is 10.7 Å². The Morgan fingerprint density at radius 3 is 2.66 bits per heavy atom. The Bertz CT molecular complexity index is 1190. The van der Waals surface area contributed by atoms with Crippen LogP contribution in [0.5, 0.6) is 0 Å². The predicted octanol–water partition coefficient (Wildman–Crippen LogP) is 1.30. The van der Waals surface area contributed by atoms with Gasteiger partial charge in [0.25, 0.3) is 5.56 Å². The van der Waals surface area contributed by atoms with E-state index in [0.29, 0.717) is 81.3 Å². The number of thiophene rings is 1. The number of hydrogen-bond donors (Lipinski definition) is 1. The fourth-order valence-corrected chi connectivity index (χ4v) is 5.03. The normalized spacial score (nSPS) is 17.2. The first kappa shape index (κ1) is 23.6. The van der Waals surface area contributed by atoms with Crippen molar-refractivity contribution in [3.63, 3.8) is 0 Å². The highest BCUT2D eigenvalue weighted by molar-refractivity contribution is 7.13. The molecule has 2 aliphatic rings. The van der Waals surface area contributed by atoms with Gasteiger partial charge in [-0.2, -0.15) is 4.98 Å². The van der Waals surface area contributed by atoms with Gasteiger partial charge in [0.2, 0.25) is 23.6 Å². The third kappa shape index (κ3) is 5.60. The number of ether oxygens (including phenoxy) is 1. The molecular formula is C23H29N7O4S. The first-order valence-corrected chi connectivity index (χ1v) is 12.7. The molecule has 0 saturated carbocycles. The third-order valence-corrected chi connectivity index (χ3v) is 7.27. The second-order valence-corrected chi connectivity index (χ2v) is 9.65. The van der Waals surface area contributed by atoms with Crippen molar-refractivity contribution in [2.24, 2.45) is 0 Å². The molecule has 12 heteroatoms. The fraction of sp³-hybridized carbons (Fsp3) is 0.522. The van der Waals surface area contributed by atoms with E-state index in [0.717, 1.165) is 18.0 Å². The lowest BCUT2D eigenvalue weighted by Gasteiger charge is -2.34. The van der Waals surface area contributed by atoms with Gasteiger partial charge in [0.1, 0.15) is 0 Å². The zero-order valence-electron chi connectivity index (χ0n) is 19.7. The number of aromatic nitrogens is 4. The van der Waals surface area contributed by atoms with Gasteiger partial charge in [0, 0.05) is 56.9 Å².